The fourth-order valence-corrected chi connectivity index (χ4v) is 2.54. The van der Waals surface area contributed by atoms with Crippen molar-refractivity contribution in [3.05, 3.63) is 0 Å². The molecule has 0 radical (unpaired) electrons. The first-order valence-corrected chi connectivity index (χ1v) is 7.95. The van der Waals surface area contributed by atoms with E-state index in [-0.39, 0.29) is 22.7 Å². The molecule has 126 valence electrons. The molecule has 0 amide bonds. The fraction of sp³-hybridized carbons (Fsp3) is 0.944. The zero-order valence-electron chi connectivity index (χ0n) is 15.8. The van der Waals surface area contributed by atoms with E-state index in [4.69, 9.17) is 9.47 Å². The zero-order chi connectivity index (χ0) is 17.1. The van der Waals surface area contributed by atoms with Crippen molar-refractivity contribution < 1.29 is 14.3 Å². The van der Waals surface area contributed by atoms with Gasteiger partial charge in [-0.05, 0) is 30.1 Å². The molecule has 0 heterocycles. The van der Waals surface area contributed by atoms with E-state index in [1.54, 1.807) is 7.11 Å². The maximum atomic E-state index is 12.7. The molecule has 0 fully saturated rings. The van der Waals surface area contributed by atoms with E-state index in [1.165, 1.54) is 0 Å². The Morgan fingerprint density at radius 1 is 0.952 bits per heavy atom. The van der Waals surface area contributed by atoms with Crippen LogP contribution in [0.1, 0.15) is 75.2 Å². The molecule has 3 heteroatoms. The van der Waals surface area contributed by atoms with Gasteiger partial charge >= 0.3 is 5.97 Å². The maximum Gasteiger partial charge on any atom is 0.314 e. The van der Waals surface area contributed by atoms with Gasteiger partial charge in [-0.2, -0.15) is 0 Å². The lowest BCUT2D eigenvalue weighted by molar-refractivity contribution is -0.193. The summed E-state index contributed by atoms with van der Waals surface area (Å²) in [5, 5.41) is 0. The van der Waals surface area contributed by atoms with Crippen molar-refractivity contribution in [2.45, 2.75) is 81.4 Å². The number of carbonyl (C=O) groups is 1. The number of hydrogen-bond donors (Lipinski definition) is 0. The highest BCUT2D eigenvalue weighted by Gasteiger charge is 2.42. The molecule has 21 heavy (non-hydrogen) atoms. The molecule has 0 saturated heterocycles. The van der Waals surface area contributed by atoms with Crippen LogP contribution in [-0.2, 0) is 14.3 Å². The Balaban J connectivity index is 5.06. The van der Waals surface area contributed by atoms with E-state index in [0.717, 1.165) is 6.42 Å². The molecule has 0 aromatic carbocycles. The second kappa shape index (κ2) is 7.13. The lowest BCUT2D eigenvalue weighted by Crippen LogP contribution is -2.41. The zero-order valence-corrected chi connectivity index (χ0v) is 15.8. The summed E-state index contributed by atoms with van der Waals surface area (Å²) in [6.45, 7) is 19.0. The van der Waals surface area contributed by atoms with Crippen LogP contribution >= 0.6 is 0 Å². The molecule has 0 aromatic heterocycles. The van der Waals surface area contributed by atoms with E-state index < -0.39 is 11.7 Å². The van der Waals surface area contributed by atoms with Crippen molar-refractivity contribution in [1.29, 1.82) is 0 Å². The van der Waals surface area contributed by atoms with Crippen LogP contribution in [0.15, 0.2) is 0 Å². The SMILES string of the molecule is COC(CC(C)(C)C)OC(=O)C(C)(CC(C)(C)C)C(C)C. The summed E-state index contributed by atoms with van der Waals surface area (Å²) in [5.74, 6) is 0.0693. The predicted molar refractivity (Wildman–Crippen MR) is 88.0 cm³/mol. The topological polar surface area (TPSA) is 35.5 Å². The highest BCUT2D eigenvalue weighted by molar-refractivity contribution is 5.76. The summed E-state index contributed by atoms with van der Waals surface area (Å²) in [7, 11) is 1.60. The van der Waals surface area contributed by atoms with Crippen molar-refractivity contribution in [3.8, 4) is 0 Å². The minimum Gasteiger partial charge on any atom is -0.435 e. The van der Waals surface area contributed by atoms with Crippen LogP contribution in [0.3, 0.4) is 0 Å². The summed E-state index contributed by atoms with van der Waals surface area (Å²) in [5.41, 5.74) is -0.364. The van der Waals surface area contributed by atoms with Crippen LogP contribution in [0.2, 0.25) is 0 Å². The largest absolute Gasteiger partial charge is 0.435 e. The molecule has 0 N–H and O–H groups in total. The summed E-state index contributed by atoms with van der Waals surface area (Å²) in [6, 6.07) is 0. The molecule has 0 rings (SSSR count). The summed E-state index contributed by atoms with van der Waals surface area (Å²) in [6.07, 6.45) is 1.01. The second-order valence-corrected chi connectivity index (χ2v) is 9.14. The summed E-state index contributed by atoms with van der Waals surface area (Å²) >= 11 is 0. The van der Waals surface area contributed by atoms with Gasteiger partial charge in [0.2, 0.25) is 6.29 Å². The smallest absolute Gasteiger partial charge is 0.314 e. The van der Waals surface area contributed by atoms with Gasteiger partial charge in [-0.25, -0.2) is 0 Å². The normalized spacial score (nSPS) is 17.5. The molecule has 0 aliphatic heterocycles. The Morgan fingerprint density at radius 2 is 1.43 bits per heavy atom. The van der Waals surface area contributed by atoms with Gasteiger partial charge in [-0.1, -0.05) is 55.4 Å². The maximum absolute atomic E-state index is 12.7. The number of carbonyl (C=O) groups excluding carboxylic acids is 1. The third-order valence-corrected chi connectivity index (χ3v) is 3.92. The predicted octanol–water partition coefficient (Wildman–Crippen LogP) is 5.04. The van der Waals surface area contributed by atoms with Crippen LogP contribution in [0.25, 0.3) is 0 Å². The van der Waals surface area contributed by atoms with Crippen LogP contribution in [0.4, 0.5) is 0 Å². The number of methoxy groups -OCH3 is 1. The monoisotopic (exact) mass is 300 g/mol. The molecular weight excluding hydrogens is 264 g/mol. The first-order valence-electron chi connectivity index (χ1n) is 7.95. The van der Waals surface area contributed by atoms with E-state index in [1.807, 2.05) is 6.92 Å². The Bertz CT molecular complexity index is 333. The van der Waals surface area contributed by atoms with Gasteiger partial charge in [0.1, 0.15) is 0 Å². The van der Waals surface area contributed by atoms with E-state index in [2.05, 4.69) is 55.4 Å². The average molecular weight is 300 g/mol. The van der Waals surface area contributed by atoms with E-state index in [9.17, 15) is 4.79 Å². The minimum absolute atomic E-state index is 0.0548. The Kier molecular flexibility index (Phi) is 6.93. The Labute approximate surface area is 131 Å². The van der Waals surface area contributed by atoms with Crippen molar-refractivity contribution >= 4 is 5.97 Å². The third kappa shape index (κ3) is 7.30. The quantitative estimate of drug-likeness (QED) is 0.509. The molecule has 0 saturated carbocycles. The third-order valence-electron chi connectivity index (χ3n) is 3.92. The van der Waals surface area contributed by atoms with Gasteiger partial charge in [0.15, 0.2) is 0 Å². The molecule has 0 bridgehead atoms. The Morgan fingerprint density at radius 3 is 1.71 bits per heavy atom. The fourth-order valence-electron chi connectivity index (χ4n) is 2.54. The van der Waals surface area contributed by atoms with Crippen LogP contribution in [0, 0.1) is 22.2 Å². The molecule has 0 aliphatic carbocycles. The first-order chi connectivity index (χ1) is 9.21. The van der Waals surface area contributed by atoms with Crippen molar-refractivity contribution in [1.82, 2.24) is 0 Å². The summed E-state index contributed by atoms with van der Waals surface area (Å²) in [4.78, 5) is 12.7. The first kappa shape index (κ1) is 20.4. The summed E-state index contributed by atoms with van der Waals surface area (Å²) < 4.78 is 11.0. The highest BCUT2D eigenvalue weighted by Crippen LogP contribution is 2.41. The lowest BCUT2D eigenvalue weighted by atomic mass is 9.69. The lowest BCUT2D eigenvalue weighted by Gasteiger charge is -2.38. The van der Waals surface area contributed by atoms with Gasteiger partial charge in [-0.3, -0.25) is 4.79 Å². The average Bonchev–Trinajstić information content (AvgIpc) is 2.23. The number of ether oxygens (including phenoxy) is 2. The molecule has 2 atom stereocenters. The van der Waals surface area contributed by atoms with Crippen LogP contribution < -0.4 is 0 Å². The van der Waals surface area contributed by atoms with Gasteiger partial charge in [0.05, 0.1) is 5.41 Å². The van der Waals surface area contributed by atoms with Crippen molar-refractivity contribution in [3.63, 3.8) is 0 Å². The molecule has 0 aromatic rings. The molecule has 0 aliphatic rings. The highest BCUT2D eigenvalue weighted by atomic mass is 16.7. The standard InChI is InChI=1S/C18H36O3/c1-13(2)18(9,12-17(6,7)8)15(19)21-14(20-10)11-16(3,4)5/h13-14H,11-12H2,1-10H3. The van der Waals surface area contributed by atoms with E-state index in [0.29, 0.717) is 6.42 Å². The molecule has 0 spiro atoms. The minimum atomic E-state index is -0.493. The number of rotatable bonds is 6. The molecular formula is C18H36O3. The van der Waals surface area contributed by atoms with Gasteiger partial charge in [0.25, 0.3) is 0 Å². The van der Waals surface area contributed by atoms with Gasteiger partial charge < -0.3 is 9.47 Å². The Hall–Kier alpha value is -0.570. The molecule has 2 unspecified atom stereocenters. The van der Waals surface area contributed by atoms with Crippen LogP contribution in [0.5, 0.6) is 0 Å². The van der Waals surface area contributed by atoms with Crippen molar-refractivity contribution in [2.75, 3.05) is 7.11 Å². The van der Waals surface area contributed by atoms with Crippen LogP contribution in [-0.4, -0.2) is 19.4 Å². The van der Waals surface area contributed by atoms with Gasteiger partial charge in [0, 0.05) is 13.5 Å². The van der Waals surface area contributed by atoms with E-state index >= 15 is 0 Å². The van der Waals surface area contributed by atoms with Gasteiger partial charge in [-0.15, -0.1) is 0 Å². The second-order valence-electron chi connectivity index (χ2n) is 9.14. The molecule has 3 nitrogen and oxygen atoms in total. The number of esters is 1. The number of hydrogen-bond acceptors (Lipinski definition) is 3. The van der Waals surface area contributed by atoms with Crippen molar-refractivity contribution in [2.24, 2.45) is 22.2 Å².